The van der Waals surface area contributed by atoms with Gasteiger partial charge >= 0.3 is 0 Å². The van der Waals surface area contributed by atoms with Crippen molar-refractivity contribution in [1.29, 1.82) is 0 Å². The Balaban J connectivity index is 1.77. The van der Waals surface area contributed by atoms with E-state index < -0.39 is 0 Å². The highest BCUT2D eigenvalue weighted by molar-refractivity contribution is 8.04. The van der Waals surface area contributed by atoms with Gasteiger partial charge in [-0.1, -0.05) is 53.2 Å². The zero-order valence-corrected chi connectivity index (χ0v) is 19.0. The summed E-state index contributed by atoms with van der Waals surface area (Å²) < 4.78 is 0. The monoisotopic (exact) mass is 448 g/mol. The third-order valence-electron chi connectivity index (χ3n) is 5.23. The van der Waals surface area contributed by atoms with Crippen molar-refractivity contribution in [2.45, 2.75) is 25.7 Å². The lowest BCUT2D eigenvalue weighted by atomic mass is 10.1. The van der Waals surface area contributed by atoms with Crippen LogP contribution >= 0.6 is 23.4 Å². The lowest BCUT2D eigenvalue weighted by Gasteiger charge is -2.16. The molecule has 0 saturated carbocycles. The molecule has 0 aliphatic carbocycles. The molecule has 6 heteroatoms. The van der Waals surface area contributed by atoms with Crippen molar-refractivity contribution in [2.24, 2.45) is 0 Å². The largest absolute Gasteiger partial charge is 0.350 e. The molecule has 3 aromatic rings. The average Bonchev–Trinajstić information content (AvgIpc) is 2.97. The minimum atomic E-state index is -0.386. The van der Waals surface area contributed by atoms with E-state index in [9.17, 15) is 9.59 Å². The summed E-state index contributed by atoms with van der Waals surface area (Å²) >= 11 is 7.28. The molecule has 3 aromatic carbocycles. The number of imide groups is 1. The third kappa shape index (κ3) is 4.24. The van der Waals surface area contributed by atoms with Crippen molar-refractivity contribution in [3.05, 3.63) is 99.0 Å². The van der Waals surface area contributed by atoms with Crippen LogP contribution in [0.1, 0.15) is 16.7 Å². The number of anilines is 2. The smallest absolute Gasteiger partial charge is 0.283 e. The second-order valence-electron chi connectivity index (χ2n) is 7.41. The molecule has 1 aliphatic heterocycles. The highest BCUT2D eigenvalue weighted by Crippen LogP contribution is 2.38. The van der Waals surface area contributed by atoms with Gasteiger partial charge in [-0.25, -0.2) is 4.90 Å². The van der Waals surface area contributed by atoms with Crippen LogP contribution < -0.4 is 10.2 Å². The van der Waals surface area contributed by atoms with Crippen LogP contribution in [0.15, 0.2) is 82.2 Å². The number of carbonyl (C=O) groups is 2. The fraction of sp³-hybridized carbons (Fsp3) is 0.120. The van der Waals surface area contributed by atoms with Crippen LogP contribution in [0.2, 0.25) is 5.02 Å². The van der Waals surface area contributed by atoms with E-state index in [0.717, 1.165) is 27.3 Å². The summed E-state index contributed by atoms with van der Waals surface area (Å²) in [5.41, 5.74) is 4.82. The van der Waals surface area contributed by atoms with Gasteiger partial charge in [0.15, 0.2) is 0 Å². The lowest BCUT2D eigenvalue weighted by Crippen LogP contribution is -2.32. The second-order valence-corrected chi connectivity index (χ2v) is 8.93. The molecule has 4 rings (SSSR count). The average molecular weight is 449 g/mol. The van der Waals surface area contributed by atoms with Crippen molar-refractivity contribution in [3.8, 4) is 0 Å². The van der Waals surface area contributed by atoms with Gasteiger partial charge < -0.3 is 5.32 Å². The Bertz CT molecular complexity index is 1200. The van der Waals surface area contributed by atoms with Crippen LogP contribution in [0.3, 0.4) is 0 Å². The Kier molecular flexibility index (Phi) is 5.90. The van der Waals surface area contributed by atoms with Gasteiger partial charge in [0, 0.05) is 15.6 Å². The molecule has 1 N–H and O–H groups in total. The van der Waals surface area contributed by atoms with E-state index in [1.54, 1.807) is 24.3 Å². The van der Waals surface area contributed by atoms with Crippen molar-refractivity contribution in [3.63, 3.8) is 0 Å². The first-order chi connectivity index (χ1) is 14.8. The number of hydrogen-bond acceptors (Lipinski definition) is 4. The number of aryl methyl sites for hydroxylation is 2. The number of carbonyl (C=O) groups excluding carboxylic acids is 2. The summed E-state index contributed by atoms with van der Waals surface area (Å²) in [6.45, 7) is 6.01. The van der Waals surface area contributed by atoms with Crippen LogP contribution in [0.5, 0.6) is 0 Å². The molecule has 2 amide bonds. The topological polar surface area (TPSA) is 49.4 Å². The molecule has 0 spiro atoms. The molecule has 31 heavy (non-hydrogen) atoms. The molecule has 156 valence electrons. The summed E-state index contributed by atoms with van der Waals surface area (Å²) in [5.74, 6) is -0.742. The van der Waals surface area contributed by atoms with Crippen LogP contribution in [0.4, 0.5) is 11.4 Å². The number of amides is 2. The maximum atomic E-state index is 13.4. The van der Waals surface area contributed by atoms with E-state index in [0.29, 0.717) is 15.6 Å². The number of hydrogen-bond donors (Lipinski definition) is 1. The number of nitrogens with zero attached hydrogens (tertiary/aromatic N) is 1. The molecule has 0 bridgehead atoms. The molecular formula is C25H21ClN2O2S. The first kappa shape index (κ1) is 21.2. The van der Waals surface area contributed by atoms with Gasteiger partial charge in [0.25, 0.3) is 11.8 Å². The van der Waals surface area contributed by atoms with Crippen molar-refractivity contribution in [2.75, 3.05) is 10.2 Å². The van der Waals surface area contributed by atoms with E-state index in [1.807, 2.05) is 63.2 Å². The summed E-state index contributed by atoms with van der Waals surface area (Å²) in [6, 6.07) is 20.4. The zero-order chi connectivity index (χ0) is 22.1. The number of rotatable bonds is 5. The van der Waals surface area contributed by atoms with E-state index in [1.165, 1.54) is 16.7 Å². The molecule has 0 unspecified atom stereocenters. The van der Waals surface area contributed by atoms with Crippen molar-refractivity contribution < 1.29 is 9.59 Å². The highest BCUT2D eigenvalue weighted by Gasteiger charge is 2.40. The summed E-state index contributed by atoms with van der Waals surface area (Å²) in [4.78, 5) is 29.2. The Hall–Kier alpha value is -3.02. The van der Waals surface area contributed by atoms with Crippen LogP contribution in [0, 0.1) is 20.8 Å². The summed E-state index contributed by atoms with van der Waals surface area (Å²) in [6.07, 6.45) is 0. The molecule has 0 saturated heterocycles. The van der Waals surface area contributed by atoms with Crippen LogP contribution in [-0.4, -0.2) is 11.8 Å². The Morgan fingerprint density at radius 1 is 0.839 bits per heavy atom. The molecular weight excluding hydrogens is 428 g/mol. The van der Waals surface area contributed by atoms with Crippen LogP contribution in [-0.2, 0) is 9.59 Å². The Morgan fingerprint density at radius 3 is 2.19 bits per heavy atom. The summed E-state index contributed by atoms with van der Waals surface area (Å²) in [7, 11) is 0. The molecule has 4 nitrogen and oxygen atoms in total. The molecule has 1 aliphatic rings. The minimum absolute atomic E-state index is 0.277. The zero-order valence-electron chi connectivity index (χ0n) is 17.4. The summed E-state index contributed by atoms with van der Waals surface area (Å²) in [5, 5.41) is 3.78. The number of thioether (sulfide) groups is 1. The van der Waals surface area contributed by atoms with Gasteiger partial charge in [-0.3, -0.25) is 9.59 Å². The standard InChI is InChI=1S/C25H21ClN2O2S/c1-15-7-13-20(14-8-15)31-23-22(27-21-6-4-5-16(2)17(21)3)24(29)28(25(23)30)19-11-9-18(26)10-12-19/h4-14,27H,1-3H3. The second kappa shape index (κ2) is 8.61. The first-order valence-corrected chi connectivity index (χ1v) is 11.0. The fourth-order valence-electron chi connectivity index (χ4n) is 3.28. The number of halogens is 1. The third-order valence-corrected chi connectivity index (χ3v) is 6.57. The fourth-order valence-corrected chi connectivity index (χ4v) is 4.34. The minimum Gasteiger partial charge on any atom is -0.350 e. The van der Waals surface area contributed by atoms with Crippen molar-refractivity contribution in [1.82, 2.24) is 0 Å². The highest BCUT2D eigenvalue weighted by atomic mass is 35.5. The van der Waals surface area contributed by atoms with Crippen LogP contribution in [0.25, 0.3) is 0 Å². The normalized spacial score (nSPS) is 13.9. The van der Waals surface area contributed by atoms with E-state index in [4.69, 9.17) is 11.6 Å². The molecule has 0 radical (unpaired) electrons. The SMILES string of the molecule is Cc1ccc(SC2=C(Nc3cccc(C)c3C)C(=O)N(c3ccc(Cl)cc3)C2=O)cc1. The van der Waals surface area contributed by atoms with Gasteiger partial charge in [0.2, 0.25) is 0 Å². The van der Waals surface area contributed by atoms with E-state index >= 15 is 0 Å². The maximum absolute atomic E-state index is 13.4. The van der Waals surface area contributed by atoms with Gasteiger partial charge in [0.05, 0.1) is 5.69 Å². The Morgan fingerprint density at radius 2 is 1.52 bits per heavy atom. The van der Waals surface area contributed by atoms with E-state index in [-0.39, 0.29) is 17.5 Å². The van der Waals surface area contributed by atoms with Gasteiger partial charge in [-0.15, -0.1) is 0 Å². The number of nitrogens with one attached hydrogen (secondary N) is 1. The number of benzene rings is 3. The van der Waals surface area contributed by atoms with Gasteiger partial charge in [-0.05, 0) is 74.4 Å². The van der Waals surface area contributed by atoms with Crippen molar-refractivity contribution >= 4 is 46.6 Å². The predicted molar refractivity (Wildman–Crippen MR) is 128 cm³/mol. The molecule has 0 atom stereocenters. The van der Waals surface area contributed by atoms with Gasteiger partial charge in [-0.2, -0.15) is 0 Å². The molecule has 0 aromatic heterocycles. The quantitative estimate of drug-likeness (QED) is 0.468. The first-order valence-electron chi connectivity index (χ1n) is 9.81. The maximum Gasteiger partial charge on any atom is 0.283 e. The van der Waals surface area contributed by atoms with Gasteiger partial charge in [0.1, 0.15) is 10.6 Å². The van der Waals surface area contributed by atoms with E-state index in [2.05, 4.69) is 5.32 Å². The molecule has 0 fully saturated rings. The molecule has 1 heterocycles. The predicted octanol–water partition coefficient (Wildman–Crippen LogP) is 6.25. The lowest BCUT2D eigenvalue weighted by molar-refractivity contribution is -0.120. The Labute approximate surface area is 190 Å².